The zero-order valence-corrected chi connectivity index (χ0v) is 28.4. The van der Waals surface area contributed by atoms with E-state index in [-0.39, 0.29) is 35.0 Å². The van der Waals surface area contributed by atoms with Crippen LogP contribution in [0.4, 0.5) is 0 Å². The first kappa shape index (κ1) is 38.3. The van der Waals surface area contributed by atoms with Gasteiger partial charge < -0.3 is 30.7 Å². The molecule has 0 unspecified atom stereocenters. The first-order valence-corrected chi connectivity index (χ1v) is 16.9. The zero-order chi connectivity index (χ0) is 31.4. The molecule has 3 aliphatic rings. The van der Waals surface area contributed by atoms with E-state index < -0.39 is 0 Å². The Bertz CT molecular complexity index is 695. The quantitative estimate of drug-likeness (QED) is 0.337. The van der Waals surface area contributed by atoms with Crippen molar-refractivity contribution < 1.29 is 14.4 Å². The van der Waals surface area contributed by atoms with E-state index in [1.807, 2.05) is 48.5 Å². The van der Waals surface area contributed by atoms with Crippen LogP contribution in [0.15, 0.2) is 0 Å². The molecule has 3 rings (SSSR count). The van der Waals surface area contributed by atoms with E-state index in [4.69, 9.17) is 0 Å². The fourth-order valence-corrected chi connectivity index (χ4v) is 5.05. The molecule has 0 spiro atoms. The molecule has 3 saturated heterocycles. The Labute approximate surface area is 258 Å². The second-order valence-electron chi connectivity index (χ2n) is 13.8. The van der Waals surface area contributed by atoms with Crippen LogP contribution in [0, 0.1) is 17.3 Å². The van der Waals surface area contributed by atoms with Gasteiger partial charge in [0.1, 0.15) is 0 Å². The highest BCUT2D eigenvalue weighted by Crippen LogP contribution is 2.12. The Balaban J connectivity index is 0.000000315. The van der Waals surface area contributed by atoms with Crippen molar-refractivity contribution in [3.8, 4) is 0 Å². The summed E-state index contributed by atoms with van der Waals surface area (Å²) in [5.74, 6) is 0.702. The van der Waals surface area contributed by atoms with Crippen molar-refractivity contribution in [2.24, 2.45) is 17.3 Å². The van der Waals surface area contributed by atoms with Crippen LogP contribution in [0.3, 0.4) is 0 Å². The maximum atomic E-state index is 11.5. The van der Waals surface area contributed by atoms with E-state index in [0.717, 1.165) is 39.3 Å². The number of nitrogens with one attached hydrogen (secondary N) is 3. The number of carbonyl (C=O) groups excluding carboxylic acids is 3. The van der Waals surface area contributed by atoms with Crippen molar-refractivity contribution in [2.45, 2.75) is 99.8 Å². The van der Waals surface area contributed by atoms with Gasteiger partial charge in [-0.25, -0.2) is 0 Å². The molecule has 0 radical (unpaired) electrons. The van der Waals surface area contributed by atoms with Crippen LogP contribution in [0.1, 0.15) is 99.8 Å². The average Bonchev–Trinajstić information content (AvgIpc) is 3.48. The third kappa shape index (κ3) is 18.7. The summed E-state index contributed by atoms with van der Waals surface area (Å²) in [6.45, 7) is 26.2. The second kappa shape index (κ2) is 21.9. The molecule has 0 aliphatic carbocycles. The minimum atomic E-state index is -0.259. The summed E-state index contributed by atoms with van der Waals surface area (Å²) in [6.07, 6.45) is 10.6. The molecular weight excluding hydrogens is 528 g/mol. The number of hydrogen-bond acceptors (Lipinski definition) is 6. The summed E-state index contributed by atoms with van der Waals surface area (Å²) in [4.78, 5) is 41.3. The first-order chi connectivity index (χ1) is 19.9. The fourth-order valence-electron chi connectivity index (χ4n) is 5.05. The van der Waals surface area contributed by atoms with Gasteiger partial charge in [-0.3, -0.25) is 14.4 Å². The number of rotatable bonds is 11. The predicted molar refractivity (Wildman–Crippen MR) is 174 cm³/mol. The summed E-state index contributed by atoms with van der Waals surface area (Å²) < 4.78 is 0. The Morgan fingerprint density at radius 1 is 0.524 bits per heavy atom. The lowest BCUT2D eigenvalue weighted by Gasteiger charge is -2.26. The molecule has 0 bridgehead atoms. The fraction of sp³-hybridized carbons (Fsp3) is 0.909. The lowest BCUT2D eigenvalue weighted by atomic mass is 9.96. The lowest BCUT2D eigenvalue weighted by Crippen LogP contribution is -2.39. The summed E-state index contributed by atoms with van der Waals surface area (Å²) in [6, 6.07) is 0. The van der Waals surface area contributed by atoms with Crippen LogP contribution in [-0.2, 0) is 14.4 Å². The molecule has 3 fully saturated rings. The van der Waals surface area contributed by atoms with Crippen LogP contribution >= 0.6 is 0 Å². The normalized spacial score (nSPS) is 18.5. The van der Waals surface area contributed by atoms with Crippen LogP contribution in [0.25, 0.3) is 0 Å². The van der Waals surface area contributed by atoms with Gasteiger partial charge in [0.05, 0.1) is 0 Å². The monoisotopic (exact) mass is 595 g/mol. The molecule has 0 aromatic carbocycles. The van der Waals surface area contributed by atoms with E-state index in [0.29, 0.717) is 0 Å². The smallest absolute Gasteiger partial charge is 0.225 e. The number of nitrogens with zero attached hydrogens (tertiary/aromatic N) is 3. The van der Waals surface area contributed by atoms with Gasteiger partial charge in [-0.15, -0.1) is 0 Å². The van der Waals surface area contributed by atoms with Crippen molar-refractivity contribution in [3.63, 3.8) is 0 Å². The van der Waals surface area contributed by atoms with E-state index in [1.54, 1.807) is 0 Å². The van der Waals surface area contributed by atoms with Crippen LogP contribution in [0.5, 0.6) is 0 Å². The largest absolute Gasteiger partial charge is 0.355 e. The van der Waals surface area contributed by atoms with Gasteiger partial charge in [-0.05, 0) is 77.8 Å². The predicted octanol–water partition coefficient (Wildman–Crippen LogP) is 3.73. The third-order valence-electron chi connectivity index (χ3n) is 7.99. The molecule has 3 N–H and O–H groups in total. The number of carbonyl (C=O) groups is 3. The van der Waals surface area contributed by atoms with E-state index in [2.05, 4.69) is 30.7 Å². The topological polar surface area (TPSA) is 97.0 Å². The zero-order valence-electron chi connectivity index (χ0n) is 28.4. The lowest BCUT2D eigenvalue weighted by molar-refractivity contribution is -0.128. The molecular formula is C33H66N6O3. The van der Waals surface area contributed by atoms with Gasteiger partial charge >= 0.3 is 0 Å². The standard InChI is InChI=1S/3C11H22N2O/c1-11(2,3)10(14)12-6-9-13-7-4-5-8-13;2*1-10(2)11(14)12-6-9-13-7-4-3-5-8-13/h4-9H2,1-3H3,(H,12,14);2*10H,3-9H2,1-2H3,(H,12,14). The molecule has 0 aromatic heterocycles. The molecule has 3 aliphatic heterocycles. The van der Waals surface area contributed by atoms with Gasteiger partial charge in [0.15, 0.2) is 0 Å². The molecule has 246 valence electrons. The van der Waals surface area contributed by atoms with Crippen LogP contribution in [0.2, 0.25) is 0 Å². The van der Waals surface area contributed by atoms with Crippen molar-refractivity contribution >= 4 is 17.7 Å². The molecule has 9 nitrogen and oxygen atoms in total. The minimum Gasteiger partial charge on any atom is -0.355 e. The SMILES string of the molecule is CC(C)(C)C(=O)NCCN1CCCC1.CC(C)C(=O)NCCN1CCCCC1.CC(C)C(=O)NCCN1CCCCC1. The maximum absolute atomic E-state index is 11.5. The van der Waals surface area contributed by atoms with Crippen LogP contribution < -0.4 is 16.0 Å². The second-order valence-corrected chi connectivity index (χ2v) is 13.8. The number of piperidine rings is 2. The highest BCUT2D eigenvalue weighted by atomic mass is 16.2. The van der Waals surface area contributed by atoms with Crippen molar-refractivity contribution in [2.75, 3.05) is 78.5 Å². The molecule has 0 aromatic rings. The van der Waals surface area contributed by atoms with E-state index >= 15 is 0 Å². The molecule has 42 heavy (non-hydrogen) atoms. The summed E-state index contributed by atoms with van der Waals surface area (Å²) in [5.41, 5.74) is -0.259. The highest BCUT2D eigenvalue weighted by Gasteiger charge is 2.21. The third-order valence-corrected chi connectivity index (χ3v) is 7.99. The van der Waals surface area contributed by atoms with Crippen molar-refractivity contribution in [3.05, 3.63) is 0 Å². The molecule has 0 saturated carbocycles. The van der Waals surface area contributed by atoms with E-state index in [9.17, 15) is 14.4 Å². The number of likely N-dealkylation sites (tertiary alicyclic amines) is 3. The summed E-state index contributed by atoms with van der Waals surface area (Å²) in [7, 11) is 0. The summed E-state index contributed by atoms with van der Waals surface area (Å²) >= 11 is 0. The first-order valence-electron chi connectivity index (χ1n) is 16.9. The van der Waals surface area contributed by atoms with Gasteiger partial charge in [0, 0.05) is 56.5 Å². The minimum absolute atomic E-state index is 0.108. The van der Waals surface area contributed by atoms with Crippen LogP contribution in [-0.4, -0.2) is 111 Å². The van der Waals surface area contributed by atoms with Crippen molar-refractivity contribution in [1.82, 2.24) is 30.7 Å². The Morgan fingerprint density at radius 3 is 1.10 bits per heavy atom. The molecule has 3 amide bonds. The molecule has 3 heterocycles. The number of hydrogen-bond donors (Lipinski definition) is 3. The van der Waals surface area contributed by atoms with Gasteiger partial charge in [-0.1, -0.05) is 61.3 Å². The number of amides is 3. The Morgan fingerprint density at radius 2 is 0.810 bits per heavy atom. The highest BCUT2D eigenvalue weighted by molar-refractivity contribution is 5.81. The Kier molecular flexibility index (Phi) is 20.0. The van der Waals surface area contributed by atoms with Gasteiger partial charge in [0.2, 0.25) is 17.7 Å². The summed E-state index contributed by atoms with van der Waals surface area (Å²) in [5, 5.41) is 8.87. The van der Waals surface area contributed by atoms with E-state index in [1.165, 1.54) is 90.6 Å². The Hall–Kier alpha value is -1.71. The average molecular weight is 595 g/mol. The maximum Gasteiger partial charge on any atom is 0.225 e. The molecule has 9 heteroatoms. The van der Waals surface area contributed by atoms with Crippen molar-refractivity contribution in [1.29, 1.82) is 0 Å². The van der Waals surface area contributed by atoms with Gasteiger partial charge in [0.25, 0.3) is 0 Å². The van der Waals surface area contributed by atoms with Gasteiger partial charge in [-0.2, -0.15) is 0 Å². The molecule has 0 atom stereocenters.